The summed E-state index contributed by atoms with van der Waals surface area (Å²) < 4.78 is 0. The molecule has 0 radical (unpaired) electrons. The molecule has 0 aliphatic heterocycles. The molecule has 0 saturated heterocycles. The van der Waals surface area contributed by atoms with Crippen molar-refractivity contribution in [2.24, 2.45) is 0 Å². The smallest absolute Gasteiger partial charge is 0.257 e. The molecule has 0 aliphatic carbocycles. The van der Waals surface area contributed by atoms with E-state index in [0.717, 1.165) is 35.7 Å². The van der Waals surface area contributed by atoms with E-state index in [4.69, 9.17) is 0 Å². The quantitative estimate of drug-likeness (QED) is 0.783. The number of H-pyrrole nitrogens is 1. The highest BCUT2D eigenvalue weighted by atomic mass is 16.1. The number of amides is 1. The Bertz CT molecular complexity index is 584. The molecule has 0 bridgehead atoms. The van der Waals surface area contributed by atoms with E-state index in [1.165, 1.54) is 0 Å². The Kier molecular flexibility index (Phi) is 4.40. The Morgan fingerprint density at radius 2 is 2.05 bits per heavy atom. The molecule has 1 aromatic carbocycles. The van der Waals surface area contributed by atoms with Gasteiger partial charge in [0.05, 0.1) is 22.6 Å². The zero-order valence-corrected chi connectivity index (χ0v) is 12.1. The topological polar surface area (TPSA) is 69.8 Å². The number of aryl methyl sites for hydroxylation is 2. The first-order valence-electron chi connectivity index (χ1n) is 6.79. The van der Waals surface area contributed by atoms with Crippen LogP contribution in [0.25, 0.3) is 0 Å². The Morgan fingerprint density at radius 1 is 1.30 bits per heavy atom. The maximum atomic E-state index is 12.4. The fraction of sp³-hybridized carbons (Fsp3) is 0.333. The van der Waals surface area contributed by atoms with Crippen molar-refractivity contribution in [1.29, 1.82) is 0 Å². The zero-order valence-electron chi connectivity index (χ0n) is 12.1. The first-order chi connectivity index (χ1) is 9.63. The number of nitrogens with zero attached hydrogens (tertiary/aromatic N) is 1. The van der Waals surface area contributed by atoms with Gasteiger partial charge in [0.15, 0.2) is 0 Å². The molecule has 0 atom stereocenters. The van der Waals surface area contributed by atoms with Gasteiger partial charge in [-0.25, -0.2) is 0 Å². The predicted molar refractivity (Wildman–Crippen MR) is 81.2 cm³/mol. The van der Waals surface area contributed by atoms with Gasteiger partial charge in [-0.1, -0.05) is 19.1 Å². The molecule has 1 aromatic heterocycles. The van der Waals surface area contributed by atoms with Crippen molar-refractivity contribution in [1.82, 2.24) is 10.2 Å². The van der Waals surface area contributed by atoms with Crippen molar-refractivity contribution in [2.75, 3.05) is 17.2 Å². The molecule has 20 heavy (non-hydrogen) atoms. The van der Waals surface area contributed by atoms with E-state index < -0.39 is 0 Å². The van der Waals surface area contributed by atoms with Crippen LogP contribution in [0, 0.1) is 13.8 Å². The van der Waals surface area contributed by atoms with E-state index in [1.807, 2.05) is 38.1 Å². The van der Waals surface area contributed by atoms with Gasteiger partial charge in [-0.15, -0.1) is 0 Å². The SMILES string of the molecule is CCCNc1ccccc1C(=O)Nc1c(C)n[nH]c1C. The summed E-state index contributed by atoms with van der Waals surface area (Å²) in [6.07, 6.45) is 1.01. The Balaban J connectivity index is 2.21. The second-order valence-corrected chi connectivity index (χ2v) is 4.74. The van der Waals surface area contributed by atoms with Crippen LogP contribution in [0.5, 0.6) is 0 Å². The van der Waals surface area contributed by atoms with Crippen molar-refractivity contribution < 1.29 is 4.79 Å². The molecular formula is C15H20N4O. The summed E-state index contributed by atoms with van der Waals surface area (Å²) in [6.45, 7) is 6.68. The lowest BCUT2D eigenvalue weighted by molar-refractivity contribution is 0.102. The third-order valence-electron chi connectivity index (χ3n) is 3.10. The molecule has 1 heterocycles. The largest absolute Gasteiger partial charge is 0.384 e. The number of nitrogens with one attached hydrogen (secondary N) is 3. The zero-order chi connectivity index (χ0) is 14.5. The molecule has 0 saturated carbocycles. The minimum absolute atomic E-state index is 0.128. The number of carbonyl (C=O) groups is 1. The molecule has 5 heteroatoms. The first kappa shape index (κ1) is 14.1. The number of aromatic nitrogens is 2. The molecule has 106 valence electrons. The third kappa shape index (κ3) is 2.99. The third-order valence-corrected chi connectivity index (χ3v) is 3.10. The average molecular weight is 272 g/mol. The number of hydrogen-bond donors (Lipinski definition) is 3. The number of carbonyl (C=O) groups excluding carboxylic acids is 1. The first-order valence-corrected chi connectivity index (χ1v) is 6.79. The van der Waals surface area contributed by atoms with Crippen LogP contribution in [-0.4, -0.2) is 22.6 Å². The highest BCUT2D eigenvalue weighted by molar-refractivity contribution is 6.08. The summed E-state index contributed by atoms with van der Waals surface area (Å²) in [7, 11) is 0. The van der Waals surface area contributed by atoms with Crippen LogP contribution < -0.4 is 10.6 Å². The fourth-order valence-corrected chi connectivity index (χ4v) is 2.01. The van der Waals surface area contributed by atoms with Crippen molar-refractivity contribution in [3.8, 4) is 0 Å². The normalized spacial score (nSPS) is 10.3. The molecule has 2 aromatic rings. The average Bonchev–Trinajstić information content (AvgIpc) is 2.77. The van der Waals surface area contributed by atoms with E-state index in [1.54, 1.807) is 0 Å². The maximum Gasteiger partial charge on any atom is 0.257 e. The lowest BCUT2D eigenvalue weighted by atomic mass is 10.1. The maximum absolute atomic E-state index is 12.4. The fourth-order valence-electron chi connectivity index (χ4n) is 2.01. The van der Waals surface area contributed by atoms with Crippen LogP contribution in [-0.2, 0) is 0 Å². The number of hydrogen-bond acceptors (Lipinski definition) is 3. The van der Waals surface area contributed by atoms with Gasteiger partial charge in [-0.05, 0) is 32.4 Å². The van der Waals surface area contributed by atoms with Gasteiger partial charge in [-0.2, -0.15) is 5.10 Å². The van der Waals surface area contributed by atoms with Crippen LogP contribution >= 0.6 is 0 Å². The highest BCUT2D eigenvalue weighted by Crippen LogP contribution is 2.20. The van der Waals surface area contributed by atoms with E-state index in [9.17, 15) is 4.79 Å². The summed E-state index contributed by atoms with van der Waals surface area (Å²) in [5.74, 6) is -0.128. The Hall–Kier alpha value is -2.30. The summed E-state index contributed by atoms with van der Waals surface area (Å²) in [4.78, 5) is 12.4. The molecule has 0 fully saturated rings. The molecule has 2 rings (SSSR count). The van der Waals surface area contributed by atoms with E-state index in [0.29, 0.717) is 5.56 Å². The Morgan fingerprint density at radius 3 is 2.70 bits per heavy atom. The molecular weight excluding hydrogens is 252 g/mol. The standard InChI is InChI=1S/C15H20N4O/c1-4-9-16-13-8-6-5-7-12(13)15(20)17-14-10(2)18-19-11(14)3/h5-8,16H,4,9H2,1-3H3,(H,17,20)(H,18,19). The minimum atomic E-state index is -0.128. The lowest BCUT2D eigenvalue weighted by Crippen LogP contribution is -2.15. The highest BCUT2D eigenvalue weighted by Gasteiger charge is 2.14. The molecule has 0 spiro atoms. The number of anilines is 2. The van der Waals surface area contributed by atoms with Gasteiger partial charge in [0.25, 0.3) is 5.91 Å². The van der Waals surface area contributed by atoms with Crippen molar-refractivity contribution in [2.45, 2.75) is 27.2 Å². The molecule has 5 nitrogen and oxygen atoms in total. The van der Waals surface area contributed by atoms with Crippen LogP contribution in [0.3, 0.4) is 0 Å². The van der Waals surface area contributed by atoms with Crippen LogP contribution in [0.15, 0.2) is 24.3 Å². The summed E-state index contributed by atoms with van der Waals surface area (Å²) in [5, 5.41) is 13.1. The van der Waals surface area contributed by atoms with Crippen LogP contribution in [0.1, 0.15) is 35.1 Å². The molecule has 0 unspecified atom stereocenters. The van der Waals surface area contributed by atoms with Gasteiger partial charge in [0.2, 0.25) is 0 Å². The molecule has 3 N–H and O–H groups in total. The summed E-state index contributed by atoms with van der Waals surface area (Å²) >= 11 is 0. The van der Waals surface area contributed by atoms with Gasteiger partial charge < -0.3 is 10.6 Å². The van der Waals surface area contributed by atoms with Crippen molar-refractivity contribution in [3.63, 3.8) is 0 Å². The predicted octanol–water partition coefficient (Wildman–Crippen LogP) is 3.10. The lowest BCUT2D eigenvalue weighted by Gasteiger charge is -2.11. The number of para-hydroxylation sites is 1. The van der Waals surface area contributed by atoms with Gasteiger partial charge in [-0.3, -0.25) is 9.89 Å². The summed E-state index contributed by atoms with van der Waals surface area (Å²) in [5.41, 5.74) is 3.89. The second-order valence-electron chi connectivity index (χ2n) is 4.74. The van der Waals surface area contributed by atoms with Crippen LogP contribution in [0.2, 0.25) is 0 Å². The van der Waals surface area contributed by atoms with Gasteiger partial charge in [0.1, 0.15) is 0 Å². The van der Waals surface area contributed by atoms with Crippen molar-refractivity contribution in [3.05, 3.63) is 41.2 Å². The number of rotatable bonds is 5. The number of aromatic amines is 1. The monoisotopic (exact) mass is 272 g/mol. The Labute approximate surface area is 118 Å². The minimum Gasteiger partial charge on any atom is -0.384 e. The van der Waals surface area contributed by atoms with E-state index >= 15 is 0 Å². The second kappa shape index (κ2) is 6.23. The number of benzene rings is 1. The van der Waals surface area contributed by atoms with Crippen molar-refractivity contribution >= 4 is 17.3 Å². The van der Waals surface area contributed by atoms with E-state index in [2.05, 4.69) is 27.8 Å². The van der Waals surface area contributed by atoms with E-state index in [-0.39, 0.29) is 5.91 Å². The molecule has 0 aliphatic rings. The van der Waals surface area contributed by atoms with Gasteiger partial charge >= 0.3 is 0 Å². The van der Waals surface area contributed by atoms with Crippen LogP contribution in [0.4, 0.5) is 11.4 Å². The van der Waals surface area contributed by atoms with Gasteiger partial charge in [0, 0.05) is 12.2 Å². The summed E-state index contributed by atoms with van der Waals surface area (Å²) in [6, 6.07) is 7.52. The molecule has 1 amide bonds.